The van der Waals surface area contributed by atoms with Crippen LogP contribution in [0.5, 0.6) is 5.75 Å². The van der Waals surface area contributed by atoms with Gasteiger partial charge < -0.3 is 9.84 Å². The lowest BCUT2D eigenvalue weighted by Gasteiger charge is -2.01. The molecule has 0 bridgehead atoms. The van der Waals surface area contributed by atoms with Gasteiger partial charge in [-0.3, -0.25) is 0 Å². The second-order valence-electron chi connectivity index (χ2n) is 2.95. The molecule has 76 valence electrons. The summed E-state index contributed by atoms with van der Waals surface area (Å²) in [6, 6.07) is 3.21. The number of fused-ring (bicyclic) bond motifs is 1. The minimum absolute atomic E-state index is 0.137. The maximum atomic E-state index is 10.7. The van der Waals surface area contributed by atoms with Gasteiger partial charge in [-0.1, -0.05) is 0 Å². The monoisotopic (exact) mass is 204 g/mol. The molecule has 2 rings (SSSR count). The quantitative estimate of drug-likeness (QED) is 0.799. The van der Waals surface area contributed by atoms with E-state index in [1.54, 1.807) is 6.07 Å². The van der Waals surface area contributed by atoms with Crippen LogP contribution in [0.1, 0.15) is 10.4 Å². The molecule has 0 saturated heterocycles. The molecule has 0 aliphatic carbocycles. The van der Waals surface area contributed by atoms with E-state index in [0.29, 0.717) is 16.8 Å². The molecule has 0 unspecified atom stereocenters. The molecule has 0 radical (unpaired) electrons. The summed E-state index contributed by atoms with van der Waals surface area (Å²) in [5.41, 5.74) is 0.637. The Bertz CT molecular complexity index is 525. The smallest absolute Gasteiger partial charge is 0.337 e. The molecule has 5 heteroatoms. The molecule has 2 aromatic rings. The van der Waals surface area contributed by atoms with E-state index in [1.165, 1.54) is 25.6 Å². The van der Waals surface area contributed by atoms with Crippen molar-refractivity contribution in [2.75, 3.05) is 7.11 Å². The molecule has 1 N–H and O–H groups in total. The zero-order valence-corrected chi connectivity index (χ0v) is 7.97. The standard InChI is InChI=1S/C10H8N2O3/c1-15-8-3-6-2-7(10(13)14)4-11-9(6)12-5-8/h2-5H,1H3,(H,13,14). The Balaban J connectivity index is 2.62. The zero-order chi connectivity index (χ0) is 10.8. The number of rotatable bonds is 2. The fraction of sp³-hybridized carbons (Fsp3) is 0.100. The molecule has 2 heterocycles. The van der Waals surface area contributed by atoms with Crippen molar-refractivity contribution >= 4 is 17.0 Å². The topological polar surface area (TPSA) is 72.3 Å². The highest BCUT2D eigenvalue weighted by Crippen LogP contribution is 2.17. The Morgan fingerprint density at radius 2 is 2.07 bits per heavy atom. The van der Waals surface area contributed by atoms with Crippen molar-refractivity contribution in [3.63, 3.8) is 0 Å². The van der Waals surface area contributed by atoms with Gasteiger partial charge in [-0.15, -0.1) is 0 Å². The Morgan fingerprint density at radius 1 is 1.33 bits per heavy atom. The molecule has 0 fully saturated rings. The first-order chi connectivity index (χ1) is 7.20. The van der Waals surface area contributed by atoms with Crippen LogP contribution in [0.3, 0.4) is 0 Å². The van der Waals surface area contributed by atoms with Gasteiger partial charge in [0.05, 0.1) is 18.9 Å². The van der Waals surface area contributed by atoms with Gasteiger partial charge in [0.15, 0.2) is 5.65 Å². The molecule has 0 spiro atoms. The van der Waals surface area contributed by atoms with Crippen molar-refractivity contribution < 1.29 is 14.6 Å². The first kappa shape index (κ1) is 9.39. The number of aromatic nitrogens is 2. The van der Waals surface area contributed by atoms with Crippen LogP contribution in [0.15, 0.2) is 24.5 Å². The zero-order valence-electron chi connectivity index (χ0n) is 7.97. The van der Waals surface area contributed by atoms with Crippen LogP contribution in [-0.2, 0) is 0 Å². The summed E-state index contributed by atoms with van der Waals surface area (Å²) in [5.74, 6) is -0.431. The van der Waals surface area contributed by atoms with E-state index in [2.05, 4.69) is 9.97 Å². The van der Waals surface area contributed by atoms with E-state index in [9.17, 15) is 4.79 Å². The SMILES string of the molecule is COc1cnc2ncc(C(=O)O)cc2c1. The van der Waals surface area contributed by atoms with Crippen LogP contribution >= 0.6 is 0 Å². The number of carboxylic acid groups (broad SMARTS) is 1. The number of methoxy groups -OCH3 is 1. The van der Waals surface area contributed by atoms with Crippen LogP contribution in [0.2, 0.25) is 0 Å². The Morgan fingerprint density at radius 3 is 2.73 bits per heavy atom. The molecular weight excluding hydrogens is 196 g/mol. The molecule has 5 nitrogen and oxygen atoms in total. The number of pyridine rings is 2. The van der Waals surface area contributed by atoms with Crippen molar-refractivity contribution in [3.05, 3.63) is 30.1 Å². The highest BCUT2D eigenvalue weighted by molar-refractivity contribution is 5.91. The van der Waals surface area contributed by atoms with Crippen molar-refractivity contribution in [2.24, 2.45) is 0 Å². The van der Waals surface area contributed by atoms with Gasteiger partial charge in [0.2, 0.25) is 0 Å². The molecule has 15 heavy (non-hydrogen) atoms. The second-order valence-corrected chi connectivity index (χ2v) is 2.95. The third-order valence-electron chi connectivity index (χ3n) is 1.99. The minimum atomic E-state index is -1.01. The molecule has 0 saturated carbocycles. The van der Waals surface area contributed by atoms with Gasteiger partial charge in [0.25, 0.3) is 0 Å². The first-order valence-electron chi connectivity index (χ1n) is 4.24. The average molecular weight is 204 g/mol. The summed E-state index contributed by atoms with van der Waals surface area (Å²) >= 11 is 0. The van der Waals surface area contributed by atoms with Crippen LogP contribution in [0.25, 0.3) is 11.0 Å². The van der Waals surface area contributed by atoms with Crippen LogP contribution < -0.4 is 4.74 Å². The number of carboxylic acids is 1. The van der Waals surface area contributed by atoms with Crippen LogP contribution in [0.4, 0.5) is 0 Å². The third-order valence-corrected chi connectivity index (χ3v) is 1.99. The molecule has 0 aliphatic rings. The van der Waals surface area contributed by atoms with E-state index in [-0.39, 0.29) is 5.56 Å². The van der Waals surface area contributed by atoms with Crippen molar-refractivity contribution in [3.8, 4) is 5.75 Å². The van der Waals surface area contributed by atoms with E-state index in [1.807, 2.05) is 0 Å². The fourth-order valence-electron chi connectivity index (χ4n) is 1.23. The van der Waals surface area contributed by atoms with Gasteiger partial charge in [0, 0.05) is 11.6 Å². The summed E-state index contributed by atoms with van der Waals surface area (Å²) in [5, 5.41) is 9.43. The highest BCUT2D eigenvalue weighted by atomic mass is 16.5. The van der Waals surface area contributed by atoms with Crippen molar-refractivity contribution in [1.82, 2.24) is 9.97 Å². The van der Waals surface area contributed by atoms with Gasteiger partial charge in [0.1, 0.15) is 5.75 Å². The van der Waals surface area contributed by atoms with Crippen LogP contribution in [0, 0.1) is 0 Å². The highest BCUT2D eigenvalue weighted by Gasteiger charge is 2.05. The summed E-state index contributed by atoms with van der Waals surface area (Å²) in [4.78, 5) is 18.7. The Labute approximate surface area is 85.4 Å². The summed E-state index contributed by atoms with van der Waals surface area (Å²) in [6.45, 7) is 0. The molecule has 0 atom stereocenters. The molecule has 0 aromatic carbocycles. The number of nitrogens with zero attached hydrogens (tertiary/aromatic N) is 2. The van der Waals surface area contributed by atoms with Gasteiger partial charge in [-0.2, -0.15) is 0 Å². The van der Waals surface area contributed by atoms with E-state index < -0.39 is 5.97 Å². The first-order valence-corrected chi connectivity index (χ1v) is 4.24. The van der Waals surface area contributed by atoms with E-state index >= 15 is 0 Å². The van der Waals surface area contributed by atoms with Gasteiger partial charge in [-0.05, 0) is 12.1 Å². The lowest BCUT2D eigenvalue weighted by molar-refractivity contribution is 0.0696. The average Bonchev–Trinajstić information content (AvgIpc) is 2.27. The summed E-state index contributed by atoms with van der Waals surface area (Å²) < 4.78 is 4.98. The normalized spacial score (nSPS) is 10.2. The lowest BCUT2D eigenvalue weighted by atomic mass is 10.2. The predicted octanol–water partition coefficient (Wildman–Crippen LogP) is 1.34. The predicted molar refractivity (Wildman–Crippen MR) is 53.0 cm³/mol. The Hall–Kier alpha value is -2.17. The molecule has 0 aliphatic heterocycles. The third kappa shape index (κ3) is 1.71. The van der Waals surface area contributed by atoms with E-state index in [0.717, 1.165) is 0 Å². The van der Waals surface area contributed by atoms with Crippen molar-refractivity contribution in [2.45, 2.75) is 0 Å². The largest absolute Gasteiger partial charge is 0.495 e. The summed E-state index contributed by atoms with van der Waals surface area (Å²) in [7, 11) is 1.53. The van der Waals surface area contributed by atoms with E-state index in [4.69, 9.17) is 9.84 Å². The maximum absolute atomic E-state index is 10.7. The maximum Gasteiger partial charge on any atom is 0.337 e. The van der Waals surface area contributed by atoms with Gasteiger partial charge >= 0.3 is 5.97 Å². The number of aromatic carboxylic acids is 1. The molecule has 2 aromatic heterocycles. The minimum Gasteiger partial charge on any atom is -0.495 e. The Kier molecular flexibility index (Phi) is 2.21. The molecule has 0 amide bonds. The lowest BCUT2D eigenvalue weighted by Crippen LogP contribution is -1.97. The van der Waals surface area contributed by atoms with Gasteiger partial charge in [-0.25, -0.2) is 14.8 Å². The molecular formula is C10H8N2O3. The number of hydrogen-bond acceptors (Lipinski definition) is 4. The number of hydrogen-bond donors (Lipinski definition) is 1. The number of carbonyl (C=O) groups is 1. The fourth-order valence-corrected chi connectivity index (χ4v) is 1.23. The summed E-state index contributed by atoms with van der Waals surface area (Å²) in [6.07, 6.45) is 2.82. The van der Waals surface area contributed by atoms with Crippen molar-refractivity contribution in [1.29, 1.82) is 0 Å². The number of ether oxygens (including phenoxy) is 1. The second kappa shape index (κ2) is 3.53. The van der Waals surface area contributed by atoms with Crippen LogP contribution in [-0.4, -0.2) is 28.2 Å².